The number of halogens is 2. The summed E-state index contributed by atoms with van der Waals surface area (Å²) in [6.45, 7) is 1.87. The summed E-state index contributed by atoms with van der Waals surface area (Å²) in [7, 11) is 1.89. The van der Waals surface area contributed by atoms with E-state index in [1.165, 1.54) is 0 Å². The lowest BCUT2D eigenvalue weighted by Gasteiger charge is -2.04. The van der Waals surface area contributed by atoms with Gasteiger partial charge in [-0.1, -0.05) is 11.6 Å². The number of nitrogens with zero attached hydrogens (tertiary/aromatic N) is 4. The van der Waals surface area contributed by atoms with Crippen molar-refractivity contribution in [3.8, 4) is 11.6 Å². The first-order valence-electron chi connectivity index (χ1n) is 4.27. The van der Waals surface area contributed by atoms with Gasteiger partial charge in [-0.25, -0.2) is 15.0 Å². The molecule has 2 rings (SSSR count). The van der Waals surface area contributed by atoms with Crippen LogP contribution in [0.2, 0.25) is 5.15 Å². The van der Waals surface area contributed by atoms with E-state index >= 15 is 0 Å². The Balaban J connectivity index is 2.60. The molecule has 15 heavy (non-hydrogen) atoms. The van der Waals surface area contributed by atoms with Crippen LogP contribution in [0.15, 0.2) is 16.9 Å². The zero-order chi connectivity index (χ0) is 11.0. The molecule has 0 aliphatic carbocycles. The SMILES string of the molecule is Cc1nc(-c2nccn2C)nc(Cl)c1Br. The van der Waals surface area contributed by atoms with Crippen molar-refractivity contribution >= 4 is 27.5 Å². The predicted molar refractivity (Wildman–Crippen MR) is 61.7 cm³/mol. The number of imidazole rings is 1. The molecule has 0 unspecified atom stereocenters. The van der Waals surface area contributed by atoms with Crippen LogP contribution in [-0.2, 0) is 7.05 Å². The van der Waals surface area contributed by atoms with Crippen LogP contribution < -0.4 is 0 Å². The van der Waals surface area contributed by atoms with Gasteiger partial charge in [0.05, 0.1) is 10.2 Å². The van der Waals surface area contributed by atoms with Gasteiger partial charge in [0, 0.05) is 19.4 Å². The smallest absolute Gasteiger partial charge is 0.197 e. The molecule has 0 saturated heterocycles. The van der Waals surface area contributed by atoms with E-state index in [0.717, 1.165) is 10.2 Å². The fraction of sp³-hybridized carbons (Fsp3) is 0.222. The zero-order valence-corrected chi connectivity index (χ0v) is 10.5. The first-order valence-corrected chi connectivity index (χ1v) is 5.44. The summed E-state index contributed by atoms with van der Waals surface area (Å²) in [4.78, 5) is 12.6. The summed E-state index contributed by atoms with van der Waals surface area (Å²) < 4.78 is 2.57. The number of aryl methyl sites for hydroxylation is 2. The van der Waals surface area contributed by atoms with Gasteiger partial charge in [0.25, 0.3) is 0 Å². The van der Waals surface area contributed by atoms with Crippen LogP contribution in [0.25, 0.3) is 11.6 Å². The van der Waals surface area contributed by atoms with Crippen molar-refractivity contribution in [2.75, 3.05) is 0 Å². The monoisotopic (exact) mass is 286 g/mol. The van der Waals surface area contributed by atoms with E-state index in [9.17, 15) is 0 Å². The molecular formula is C9H8BrClN4. The summed E-state index contributed by atoms with van der Waals surface area (Å²) >= 11 is 9.26. The van der Waals surface area contributed by atoms with Crippen molar-refractivity contribution in [3.63, 3.8) is 0 Å². The Labute approximate surface area is 100 Å². The molecule has 0 radical (unpaired) electrons. The van der Waals surface area contributed by atoms with Gasteiger partial charge in [-0.15, -0.1) is 0 Å². The maximum Gasteiger partial charge on any atom is 0.197 e. The minimum absolute atomic E-state index is 0.403. The summed E-state index contributed by atoms with van der Waals surface area (Å²) in [5.41, 5.74) is 0.799. The van der Waals surface area contributed by atoms with Crippen molar-refractivity contribution in [1.29, 1.82) is 0 Å². The highest BCUT2D eigenvalue weighted by molar-refractivity contribution is 9.10. The first kappa shape index (κ1) is 10.6. The van der Waals surface area contributed by atoms with Crippen LogP contribution in [0.4, 0.5) is 0 Å². The van der Waals surface area contributed by atoms with Crippen LogP contribution in [0.5, 0.6) is 0 Å². The van der Waals surface area contributed by atoms with Gasteiger partial charge in [0.2, 0.25) is 0 Å². The van der Waals surface area contributed by atoms with E-state index in [4.69, 9.17) is 11.6 Å². The summed E-state index contributed by atoms with van der Waals surface area (Å²) in [6.07, 6.45) is 3.54. The lowest BCUT2D eigenvalue weighted by molar-refractivity contribution is 0.901. The van der Waals surface area contributed by atoms with Crippen LogP contribution in [0.1, 0.15) is 5.69 Å². The average molecular weight is 288 g/mol. The Bertz CT molecular complexity index is 486. The molecule has 4 nitrogen and oxygen atoms in total. The Kier molecular flexibility index (Phi) is 2.75. The minimum Gasteiger partial charge on any atom is -0.331 e. The molecule has 2 aromatic rings. The molecule has 0 saturated carbocycles. The van der Waals surface area contributed by atoms with Gasteiger partial charge in [0.15, 0.2) is 11.6 Å². The maximum atomic E-state index is 5.95. The molecule has 0 amide bonds. The normalized spacial score (nSPS) is 10.7. The largest absolute Gasteiger partial charge is 0.331 e. The van der Waals surface area contributed by atoms with E-state index in [2.05, 4.69) is 30.9 Å². The third-order valence-electron chi connectivity index (χ3n) is 2.00. The Morgan fingerprint density at radius 1 is 1.40 bits per heavy atom. The Hall–Kier alpha value is -0.940. The van der Waals surface area contributed by atoms with Gasteiger partial charge in [0.1, 0.15) is 5.15 Å². The van der Waals surface area contributed by atoms with Crippen LogP contribution in [0.3, 0.4) is 0 Å². The van der Waals surface area contributed by atoms with Crippen molar-refractivity contribution in [1.82, 2.24) is 19.5 Å². The Morgan fingerprint density at radius 3 is 2.67 bits per heavy atom. The molecule has 0 N–H and O–H groups in total. The molecule has 0 aromatic carbocycles. The van der Waals surface area contributed by atoms with Gasteiger partial charge < -0.3 is 4.57 Å². The standard InChI is InChI=1S/C9H8BrClN4/c1-5-6(10)7(11)14-8(13-5)9-12-3-4-15(9)2/h3-4H,1-2H3. The number of hydrogen-bond donors (Lipinski definition) is 0. The first-order chi connectivity index (χ1) is 7.09. The highest BCUT2D eigenvalue weighted by Crippen LogP contribution is 2.25. The van der Waals surface area contributed by atoms with Gasteiger partial charge >= 0.3 is 0 Å². The summed E-state index contributed by atoms with van der Waals surface area (Å²) in [6, 6.07) is 0. The zero-order valence-electron chi connectivity index (χ0n) is 8.20. The van der Waals surface area contributed by atoms with Crippen molar-refractivity contribution in [2.45, 2.75) is 6.92 Å². The van der Waals surface area contributed by atoms with Crippen LogP contribution in [0, 0.1) is 6.92 Å². The molecule has 0 aliphatic rings. The fourth-order valence-corrected chi connectivity index (χ4v) is 1.60. The summed E-state index contributed by atoms with van der Waals surface area (Å²) in [5, 5.41) is 0.403. The van der Waals surface area contributed by atoms with E-state index in [0.29, 0.717) is 16.8 Å². The van der Waals surface area contributed by atoms with Crippen molar-refractivity contribution in [2.24, 2.45) is 7.05 Å². The van der Waals surface area contributed by atoms with E-state index in [-0.39, 0.29) is 0 Å². The van der Waals surface area contributed by atoms with Crippen molar-refractivity contribution < 1.29 is 0 Å². The predicted octanol–water partition coefficient (Wildman–Crippen LogP) is 2.60. The second kappa shape index (κ2) is 3.90. The third kappa shape index (κ3) is 1.89. The van der Waals surface area contributed by atoms with Crippen LogP contribution >= 0.6 is 27.5 Å². The lowest BCUT2D eigenvalue weighted by atomic mass is 10.4. The molecule has 0 fully saturated rings. The summed E-state index contributed by atoms with van der Waals surface area (Å²) in [5.74, 6) is 1.24. The molecule has 78 valence electrons. The molecule has 0 spiro atoms. The highest BCUT2D eigenvalue weighted by atomic mass is 79.9. The second-order valence-electron chi connectivity index (χ2n) is 3.10. The number of hydrogen-bond acceptors (Lipinski definition) is 3. The quantitative estimate of drug-likeness (QED) is 0.757. The average Bonchev–Trinajstić information content (AvgIpc) is 2.60. The molecule has 0 bridgehead atoms. The molecule has 6 heteroatoms. The van der Waals surface area contributed by atoms with E-state index < -0.39 is 0 Å². The van der Waals surface area contributed by atoms with Gasteiger partial charge in [-0.2, -0.15) is 0 Å². The molecular weight excluding hydrogens is 279 g/mol. The molecule has 0 aliphatic heterocycles. The van der Waals surface area contributed by atoms with E-state index in [1.54, 1.807) is 6.20 Å². The molecule has 2 heterocycles. The maximum absolute atomic E-state index is 5.95. The number of rotatable bonds is 1. The number of aromatic nitrogens is 4. The minimum atomic E-state index is 0.403. The highest BCUT2D eigenvalue weighted by Gasteiger charge is 2.11. The molecule has 2 aromatic heterocycles. The second-order valence-corrected chi connectivity index (χ2v) is 4.25. The van der Waals surface area contributed by atoms with Gasteiger partial charge in [-0.3, -0.25) is 0 Å². The molecule has 0 atom stereocenters. The third-order valence-corrected chi connectivity index (χ3v) is 3.45. The van der Waals surface area contributed by atoms with Crippen molar-refractivity contribution in [3.05, 3.63) is 27.7 Å². The van der Waals surface area contributed by atoms with Crippen LogP contribution in [-0.4, -0.2) is 19.5 Å². The Morgan fingerprint density at radius 2 is 2.13 bits per heavy atom. The van der Waals surface area contributed by atoms with E-state index in [1.807, 2.05) is 24.7 Å². The topological polar surface area (TPSA) is 43.6 Å². The lowest BCUT2D eigenvalue weighted by Crippen LogP contribution is -1.99. The fourth-order valence-electron chi connectivity index (χ4n) is 1.21. The van der Waals surface area contributed by atoms with Gasteiger partial charge in [-0.05, 0) is 22.9 Å².